The van der Waals surface area contributed by atoms with Gasteiger partial charge in [-0.1, -0.05) is 36.4 Å². The number of methoxy groups -OCH3 is 1. The van der Waals surface area contributed by atoms with Gasteiger partial charge >= 0.3 is 5.97 Å². The van der Waals surface area contributed by atoms with Crippen LogP contribution in [0.25, 0.3) is 10.8 Å². The first-order chi connectivity index (χ1) is 8.63. The molecule has 18 heavy (non-hydrogen) atoms. The zero-order valence-electron chi connectivity index (χ0n) is 10.5. The van der Waals surface area contributed by atoms with E-state index in [1.165, 1.54) is 12.7 Å². The fourth-order valence-corrected chi connectivity index (χ4v) is 2.12. The average Bonchev–Trinajstić information content (AvgIpc) is 2.41. The Morgan fingerprint density at radius 3 is 2.56 bits per heavy atom. The summed E-state index contributed by atoms with van der Waals surface area (Å²) in [6.07, 6.45) is -0.839. The summed E-state index contributed by atoms with van der Waals surface area (Å²) in [5.74, 6) is -0.598. The highest BCUT2D eigenvalue weighted by Crippen LogP contribution is 2.23. The normalized spacial score (nSPS) is 12.4. The predicted molar refractivity (Wildman–Crippen MR) is 70.4 cm³/mol. The van der Waals surface area contributed by atoms with E-state index in [4.69, 9.17) is 0 Å². The molecule has 0 radical (unpaired) electrons. The summed E-state index contributed by atoms with van der Waals surface area (Å²) in [6, 6.07) is 11.9. The number of hydrogen-bond acceptors (Lipinski definition) is 3. The van der Waals surface area contributed by atoms with E-state index < -0.39 is 12.1 Å². The van der Waals surface area contributed by atoms with Gasteiger partial charge in [0.1, 0.15) is 0 Å². The van der Waals surface area contributed by atoms with Crippen molar-refractivity contribution in [3.05, 3.63) is 47.5 Å². The fourth-order valence-electron chi connectivity index (χ4n) is 2.12. The summed E-state index contributed by atoms with van der Waals surface area (Å²) in [7, 11) is 1.28. The number of rotatable bonds is 3. The maximum atomic E-state index is 11.2. The molecule has 94 valence electrons. The van der Waals surface area contributed by atoms with Crippen molar-refractivity contribution in [3.8, 4) is 0 Å². The van der Waals surface area contributed by atoms with Gasteiger partial charge < -0.3 is 9.84 Å². The van der Waals surface area contributed by atoms with E-state index in [1.54, 1.807) is 0 Å². The van der Waals surface area contributed by atoms with Crippen LogP contribution in [0.1, 0.15) is 11.1 Å². The Balaban J connectivity index is 2.40. The maximum Gasteiger partial charge on any atom is 0.335 e. The second-order valence-corrected chi connectivity index (χ2v) is 4.33. The van der Waals surface area contributed by atoms with Crippen LogP contribution in [0.5, 0.6) is 0 Å². The minimum Gasteiger partial charge on any atom is -0.467 e. The number of fused-ring (bicyclic) bond motifs is 1. The molecule has 0 saturated carbocycles. The third-order valence-electron chi connectivity index (χ3n) is 3.12. The van der Waals surface area contributed by atoms with Crippen LogP contribution in [-0.2, 0) is 16.0 Å². The van der Waals surface area contributed by atoms with Crippen LogP contribution in [-0.4, -0.2) is 24.3 Å². The highest BCUT2D eigenvalue weighted by molar-refractivity contribution is 5.89. The monoisotopic (exact) mass is 244 g/mol. The van der Waals surface area contributed by atoms with Crippen LogP contribution >= 0.6 is 0 Å². The summed E-state index contributed by atoms with van der Waals surface area (Å²) in [5, 5.41) is 11.9. The van der Waals surface area contributed by atoms with E-state index in [0.29, 0.717) is 0 Å². The third-order valence-corrected chi connectivity index (χ3v) is 3.12. The quantitative estimate of drug-likeness (QED) is 0.842. The number of aliphatic hydroxyl groups excluding tert-OH is 1. The van der Waals surface area contributed by atoms with Gasteiger partial charge in [-0.05, 0) is 28.8 Å². The standard InChI is InChI=1S/C15H16O3/c1-10-7-8-11(9-14(16)15(17)18-2)13-6-4-3-5-12(10)13/h3-8,14,16H,9H2,1-2H3. The number of carbonyl (C=O) groups is 1. The van der Waals surface area contributed by atoms with Gasteiger partial charge in [-0.25, -0.2) is 4.79 Å². The van der Waals surface area contributed by atoms with Crippen LogP contribution in [0.15, 0.2) is 36.4 Å². The minimum atomic E-state index is -1.11. The van der Waals surface area contributed by atoms with Crippen molar-refractivity contribution in [1.82, 2.24) is 0 Å². The summed E-state index contributed by atoms with van der Waals surface area (Å²) in [4.78, 5) is 11.2. The van der Waals surface area contributed by atoms with Gasteiger partial charge in [0.05, 0.1) is 7.11 Å². The lowest BCUT2D eigenvalue weighted by molar-refractivity contribution is -0.150. The van der Waals surface area contributed by atoms with Gasteiger partial charge in [0, 0.05) is 6.42 Å². The molecule has 0 amide bonds. The van der Waals surface area contributed by atoms with Crippen LogP contribution < -0.4 is 0 Å². The molecule has 0 aliphatic heterocycles. The van der Waals surface area contributed by atoms with Crippen molar-refractivity contribution >= 4 is 16.7 Å². The first-order valence-corrected chi connectivity index (χ1v) is 5.86. The lowest BCUT2D eigenvalue weighted by atomic mass is 9.97. The third kappa shape index (κ3) is 2.36. The highest BCUT2D eigenvalue weighted by atomic mass is 16.5. The Morgan fingerprint density at radius 2 is 1.89 bits per heavy atom. The molecule has 2 aromatic rings. The Labute approximate surface area is 106 Å². The van der Waals surface area contributed by atoms with Crippen molar-refractivity contribution in [1.29, 1.82) is 0 Å². The molecule has 0 aromatic heterocycles. The Morgan fingerprint density at radius 1 is 1.22 bits per heavy atom. The summed E-state index contributed by atoms with van der Waals surface area (Å²) in [5.41, 5.74) is 2.14. The molecule has 3 nitrogen and oxygen atoms in total. The van der Waals surface area contributed by atoms with Gasteiger partial charge in [-0.2, -0.15) is 0 Å². The number of aryl methyl sites for hydroxylation is 1. The smallest absolute Gasteiger partial charge is 0.335 e. The van der Waals surface area contributed by atoms with Crippen molar-refractivity contribution in [3.63, 3.8) is 0 Å². The molecule has 1 unspecified atom stereocenters. The summed E-state index contributed by atoms with van der Waals surface area (Å²) >= 11 is 0. The van der Waals surface area contributed by atoms with E-state index in [0.717, 1.165) is 16.3 Å². The molecular formula is C15H16O3. The summed E-state index contributed by atoms with van der Waals surface area (Å²) < 4.78 is 4.53. The SMILES string of the molecule is COC(=O)C(O)Cc1ccc(C)c2ccccc12. The Bertz CT molecular complexity index is 575. The molecule has 3 heteroatoms. The zero-order valence-corrected chi connectivity index (χ0v) is 10.5. The molecule has 2 rings (SSSR count). The number of esters is 1. The molecule has 0 aliphatic carbocycles. The molecule has 0 heterocycles. The van der Waals surface area contributed by atoms with Crippen LogP contribution in [0.2, 0.25) is 0 Å². The maximum absolute atomic E-state index is 11.2. The fraction of sp³-hybridized carbons (Fsp3) is 0.267. The minimum absolute atomic E-state index is 0.271. The number of carbonyl (C=O) groups excluding carboxylic acids is 1. The van der Waals surface area contributed by atoms with Crippen LogP contribution in [0.4, 0.5) is 0 Å². The first kappa shape index (κ1) is 12.6. The van der Waals surface area contributed by atoms with E-state index in [2.05, 4.69) is 4.74 Å². The zero-order chi connectivity index (χ0) is 13.1. The van der Waals surface area contributed by atoms with E-state index in [9.17, 15) is 9.90 Å². The number of aliphatic hydroxyl groups is 1. The van der Waals surface area contributed by atoms with Crippen LogP contribution in [0.3, 0.4) is 0 Å². The predicted octanol–water partition coefficient (Wildman–Crippen LogP) is 2.22. The van der Waals surface area contributed by atoms with Crippen molar-refractivity contribution in [2.24, 2.45) is 0 Å². The molecule has 1 N–H and O–H groups in total. The van der Waals surface area contributed by atoms with Gasteiger partial charge in [0.25, 0.3) is 0 Å². The number of ether oxygens (including phenoxy) is 1. The van der Waals surface area contributed by atoms with E-state index in [1.807, 2.05) is 43.3 Å². The average molecular weight is 244 g/mol. The number of benzene rings is 2. The lowest BCUT2D eigenvalue weighted by Crippen LogP contribution is -2.24. The molecular weight excluding hydrogens is 228 g/mol. The van der Waals surface area contributed by atoms with Crippen molar-refractivity contribution in [2.75, 3.05) is 7.11 Å². The van der Waals surface area contributed by atoms with E-state index in [-0.39, 0.29) is 6.42 Å². The van der Waals surface area contributed by atoms with Gasteiger partial charge in [-0.3, -0.25) is 0 Å². The molecule has 0 bridgehead atoms. The largest absolute Gasteiger partial charge is 0.467 e. The van der Waals surface area contributed by atoms with Crippen LogP contribution in [0, 0.1) is 6.92 Å². The second-order valence-electron chi connectivity index (χ2n) is 4.33. The highest BCUT2D eigenvalue weighted by Gasteiger charge is 2.17. The van der Waals surface area contributed by atoms with Gasteiger partial charge in [0.15, 0.2) is 6.10 Å². The molecule has 1 atom stereocenters. The molecule has 0 fully saturated rings. The molecule has 0 aliphatic rings. The summed E-state index contributed by atoms with van der Waals surface area (Å²) in [6.45, 7) is 2.04. The van der Waals surface area contributed by atoms with E-state index >= 15 is 0 Å². The molecule has 2 aromatic carbocycles. The number of hydrogen-bond donors (Lipinski definition) is 1. The Hall–Kier alpha value is -1.87. The van der Waals surface area contributed by atoms with Gasteiger partial charge in [0.2, 0.25) is 0 Å². The van der Waals surface area contributed by atoms with Crippen molar-refractivity contribution < 1.29 is 14.6 Å². The Kier molecular flexibility index (Phi) is 3.63. The lowest BCUT2D eigenvalue weighted by Gasteiger charge is -2.12. The second kappa shape index (κ2) is 5.19. The first-order valence-electron chi connectivity index (χ1n) is 5.86. The molecule has 0 spiro atoms. The van der Waals surface area contributed by atoms with Gasteiger partial charge in [-0.15, -0.1) is 0 Å². The van der Waals surface area contributed by atoms with Crippen molar-refractivity contribution in [2.45, 2.75) is 19.4 Å². The molecule has 0 saturated heterocycles. The topological polar surface area (TPSA) is 46.5 Å².